The van der Waals surface area contributed by atoms with Crippen molar-refractivity contribution in [2.24, 2.45) is 13.0 Å². The van der Waals surface area contributed by atoms with Gasteiger partial charge in [-0.05, 0) is 51.9 Å². The summed E-state index contributed by atoms with van der Waals surface area (Å²) in [6.07, 6.45) is 2.41. The van der Waals surface area contributed by atoms with Gasteiger partial charge in [-0.1, -0.05) is 68.4 Å². The van der Waals surface area contributed by atoms with Crippen molar-refractivity contribution in [3.8, 4) is 0 Å². The third-order valence-corrected chi connectivity index (χ3v) is 11.7. The Bertz CT molecular complexity index is 2170. The van der Waals surface area contributed by atoms with Crippen molar-refractivity contribution in [3.63, 3.8) is 0 Å². The van der Waals surface area contributed by atoms with Crippen LogP contribution in [0.15, 0.2) is 76.3 Å². The van der Waals surface area contributed by atoms with E-state index in [2.05, 4.69) is 6.07 Å². The maximum atomic E-state index is 13.7. The number of hydrogen-bond donors (Lipinski definition) is 0. The Morgan fingerprint density at radius 2 is 1.51 bits per heavy atom. The molecule has 5 rings (SSSR count). The molecule has 0 unspecified atom stereocenters. The summed E-state index contributed by atoms with van der Waals surface area (Å²) in [7, 11) is -6.80. The van der Waals surface area contributed by atoms with Crippen molar-refractivity contribution < 1.29 is 16.8 Å². The van der Waals surface area contributed by atoms with Gasteiger partial charge in [0.15, 0.2) is 0 Å². The van der Waals surface area contributed by atoms with Gasteiger partial charge < -0.3 is 0 Å². The minimum absolute atomic E-state index is 0.0118. The average molecular weight is 640 g/mol. The number of thiophene rings is 1. The minimum atomic E-state index is -4.14. The first-order valence-corrected chi connectivity index (χ1v) is 18.2. The minimum Gasteiger partial charge on any atom is -0.284 e. The molecule has 0 aliphatic rings. The number of nitrogens with zero attached hydrogens (tertiary/aromatic N) is 3. The topological polar surface area (TPSA) is 116 Å². The number of anilines is 1. The van der Waals surface area contributed by atoms with Crippen LogP contribution in [0.5, 0.6) is 0 Å². The Morgan fingerprint density at radius 3 is 2.19 bits per heavy atom. The number of fused-ring (bicyclic) bond motifs is 2. The van der Waals surface area contributed by atoms with Crippen LogP contribution in [0.4, 0.5) is 5.69 Å². The van der Waals surface area contributed by atoms with Crippen LogP contribution in [-0.4, -0.2) is 38.5 Å². The van der Waals surface area contributed by atoms with E-state index in [1.165, 1.54) is 30.5 Å². The first-order chi connectivity index (χ1) is 20.2. The van der Waals surface area contributed by atoms with E-state index in [9.17, 15) is 26.4 Å². The Kier molecular flexibility index (Phi) is 8.14. The second-order valence-electron chi connectivity index (χ2n) is 11.2. The van der Waals surface area contributed by atoms with Crippen LogP contribution in [0, 0.1) is 5.92 Å². The zero-order valence-electron chi connectivity index (χ0n) is 24.6. The molecule has 3 aromatic carbocycles. The van der Waals surface area contributed by atoms with Gasteiger partial charge in [-0.3, -0.25) is 13.9 Å². The predicted octanol–water partition coefficient (Wildman–Crippen LogP) is 4.48. The van der Waals surface area contributed by atoms with E-state index in [1.807, 2.05) is 50.2 Å². The SMILES string of the molecule is CC(C)Cn1c(=O)n(C)c(=O)c2c(Cc3cccc(N(S(C)(=O)=O)S(C)(=O)=O)c3)c(Cc3cccc4ccccc34)sc21. The molecular formula is C31H33N3O6S3. The Hall–Kier alpha value is -3.74. The van der Waals surface area contributed by atoms with E-state index in [0.29, 0.717) is 32.5 Å². The lowest BCUT2D eigenvalue weighted by atomic mass is 9.97. The van der Waals surface area contributed by atoms with Crippen molar-refractivity contribution in [2.45, 2.75) is 33.2 Å². The first-order valence-electron chi connectivity index (χ1n) is 13.7. The summed E-state index contributed by atoms with van der Waals surface area (Å²) in [6, 6.07) is 20.5. The molecule has 0 saturated heterocycles. The molecule has 0 aliphatic heterocycles. The maximum absolute atomic E-state index is 13.7. The van der Waals surface area contributed by atoms with Crippen molar-refractivity contribution in [3.05, 3.63) is 109 Å². The highest BCUT2D eigenvalue weighted by Gasteiger charge is 2.28. The third-order valence-electron chi connectivity index (χ3n) is 7.24. The van der Waals surface area contributed by atoms with Crippen LogP contribution < -0.4 is 15.0 Å². The van der Waals surface area contributed by atoms with Crippen LogP contribution in [0.3, 0.4) is 0 Å². The van der Waals surface area contributed by atoms with Crippen LogP contribution >= 0.6 is 11.3 Å². The van der Waals surface area contributed by atoms with Crippen LogP contribution in [0.1, 0.15) is 35.4 Å². The number of aromatic nitrogens is 2. The zero-order valence-corrected chi connectivity index (χ0v) is 27.0. The smallest absolute Gasteiger partial charge is 0.284 e. The lowest BCUT2D eigenvalue weighted by molar-refractivity contribution is 0.504. The highest BCUT2D eigenvalue weighted by atomic mass is 32.3. The summed E-state index contributed by atoms with van der Waals surface area (Å²) < 4.78 is 53.0. The van der Waals surface area contributed by atoms with Gasteiger partial charge in [0.2, 0.25) is 20.0 Å². The highest BCUT2D eigenvalue weighted by molar-refractivity contribution is 8.09. The predicted molar refractivity (Wildman–Crippen MR) is 174 cm³/mol. The standard InChI is InChI=1S/C31H33N3O6S3/c1-20(2)19-33-30-28(29(35)32(3)31(33)36)26(27(41-30)18-23-13-9-12-22-11-6-7-15-25(22)23)17-21-10-8-14-24(16-21)34(42(4,37)38)43(5,39)40/h6-16,20H,17-19H2,1-5H3. The summed E-state index contributed by atoms with van der Waals surface area (Å²) in [5.41, 5.74) is 1.62. The summed E-state index contributed by atoms with van der Waals surface area (Å²) in [6.45, 7) is 4.45. The summed E-state index contributed by atoms with van der Waals surface area (Å²) >= 11 is 1.42. The van der Waals surface area contributed by atoms with E-state index >= 15 is 0 Å². The number of benzene rings is 3. The molecule has 0 spiro atoms. The molecule has 0 fully saturated rings. The van der Waals surface area contributed by atoms with E-state index in [-0.39, 0.29) is 23.7 Å². The van der Waals surface area contributed by atoms with E-state index in [4.69, 9.17) is 0 Å². The Labute approximate surface area is 254 Å². The van der Waals surface area contributed by atoms with Gasteiger partial charge in [0.25, 0.3) is 5.56 Å². The Balaban J connectivity index is 1.75. The summed E-state index contributed by atoms with van der Waals surface area (Å²) in [5, 5.41) is 2.61. The molecule has 43 heavy (non-hydrogen) atoms. The van der Waals surface area contributed by atoms with Gasteiger partial charge in [-0.2, -0.15) is 3.71 Å². The normalized spacial score (nSPS) is 12.4. The molecule has 0 aliphatic carbocycles. The summed E-state index contributed by atoms with van der Waals surface area (Å²) in [5.74, 6) is 0.153. The van der Waals surface area contributed by atoms with Crippen molar-refractivity contribution in [2.75, 3.05) is 16.2 Å². The molecule has 2 heterocycles. The molecule has 0 radical (unpaired) electrons. The fourth-order valence-corrected chi connectivity index (χ4v) is 9.81. The maximum Gasteiger partial charge on any atom is 0.331 e. The second-order valence-corrected chi connectivity index (χ2v) is 16.2. The van der Waals surface area contributed by atoms with E-state index < -0.39 is 25.6 Å². The van der Waals surface area contributed by atoms with Crippen molar-refractivity contribution in [1.29, 1.82) is 0 Å². The quantitative estimate of drug-likeness (QED) is 0.235. The molecule has 0 atom stereocenters. The molecule has 0 saturated carbocycles. The van der Waals surface area contributed by atoms with Gasteiger partial charge in [-0.25, -0.2) is 21.6 Å². The molecule has 9 nitrogen and oxygen atoms in total. The number of rotatable bonds is 9. The van der Waals surface area contributed by atoms with E-state index in [0.717, 1.165) is 43.9 Å². The second kappa shape index (κ2) is 11.4. The van der Waals surface area contributed by atoms with Gasteiger partial charge in [0.05, 0.1) is 23.6 Å². The zero-order chi connectivity index (χ0) is 31.3. The fourth-order valence-electron chi connectivity index (χ4n) is 5.52. The molecule has 226 valence electrons. The first kappa shape index (κ1) is 30.7. The van der Waals surface area contributed by atoms with Gasteiger partial charge in [0.1, 0.15) is 4.83 Å². The lowest BCUT2D eigenvalue weighted by Crippen LogP contribution is -2.38. The molecule has 0 amide bonds. The monoisotopic (exact) mass is 639 g/mol. The lowest BCUT2D eigenvalue weighted by Gasteiger charge is -2.20. The highest BCUT2D eigenvalue weighted by Crippen LogP contribution is 2.35. The Morgan fingerprint density at radius 1 is 0.860 bits per heavy atom. The van der Waals surface area contributed by atoms with Gasteiger partial charge >= 0.3 is 5.69 Å². The molecular weight excluding hydrogens is 607 g/mol. The molecule has 0 bridgehead atoms. The molecule has 12 heteroatoms. The number of sulfonamides is 2. The largest absolute Gasteiger partial charge is 0.331 e. The summed E-state index contributed by atoms with van der Waals surface area (Å²) in [4.78, 5) is 28.5. The van der Waals surface area contributed by atoms with Gasteiger partial charge in [0, 0.05) is 24.9 Å². The van der Waals surface area contributed by atoms with Gasteiger partial charge in [-0.15, -0.1) is 11.3 Å². The molecule has 0 N–H and O–H groups in total. The average Bonchev–Trinajstić information content (AvgIpc) is 3.26. The van der Waals surface area contributed by atoms with Crippen LogP contribution in [0.25, 0.3) is 21.0 Å². The third kappa shape index (κ3) is 6.04. The molecule has 5 aromatic rings. The number of hydrogen-bond acceptors (Lipinski definition) is 7. The van der Waals surface area contributed by atoms with E-state index in [1.54, 1.807) is 16.7 Å². The molecule has 2 aromatic heterocycles. The van der Waals surface area contributed by atoms with Crippen molar-refractivity contribution >= 4 is 58.1 Å². The van der Waals surface area contributed by atoms with Crippen LogP contribution in [-0.2, 0) is 46.5 Å². The fraction of sp³-hybridized carbons (Fsp3) is 0.290. The van der Waals surface area contributed by atoms with Crippen molar-refractivity contribution in [1.82, 2.24) is 9.13 Å². The van der Waals surface area contributed by atoms with Crippen LogP contribution in [0.2, 0.25) is 0 Å².